The van der Waals surface area contributed by atoms with Crippen LogP contribution >= 0.6 is 0 Å². The third-order valence-electron chi connectivity index (χ3n) is 4.25. The van der Waals surface area contributed by atoms with Crippen molar-refractivity contribution in [1.29, 1.82) is 0 Å². The van der Waals surface area contributed by atoms with Crippen LogP contribution in [-0.4, -0.2) is 49.3 Å². The molecule has 1 aliphatic heterocycles. The fourth-order valence-electron chi connectivity index (χ4n) is 3.32. The van der Waals surface area contributed by atoms with Gasteiger partial charge >= 0.3 is 0 Å². The summed E-state index contributed by atoms with van der Waals surface area (Å²) in [5.41, 5.74) is 0. The highest BCUT2D eigenvalue weighted by molar-refractivity contribution is 4.92. The average molecular weight is 254 g/mol. The minimum Gasteiger partial charge on any atom is -0.373 e. The Balaban J connectivity index is 1.75. The van der Waals surface area contributed by atoms with E-state index in [0.717, 1.165) is 37.5 Å². The zero-order valence-electron chi connectivity index (χ0n) is 12.5. The lowest BCUT2D eigenvalue weighted by molar-refractivity contribution is -0.100. The Morgan fingerprint density at radius 2 is 1.83 bits per heavy atom. The molecule has 2 rings (SSSR count). The molecular formula is C15H30N2O. The molecule has 1 heterocycles. The topological polar surface area (TPSA) is 24.5 Å². The summed E-state index contributed by atoms with van der Waals surface area (Å²) in [6.45, 7) is 13.5. The van der Waals surface area contributed by atoms with Gasteiger partial charge in [-0.3, -0.25) is 4.90 Å². The van der Waals surface area contributed by atoms with Gasteiger partial charge in [0.05, 0.1) is 12.2 Å². The van der Waals surface area contributed by atoms with E-state index < -0.39 is 0 Å². The number of rotatable bonds is 5. The van der Waals surface area contributed by atoms with Crippen LogP contribution in [-0.2, 0) is 4.74 Å². The first kappa shape index (κ1) is 14.3. The van der Waals surface area contributed by atoms with Crippen molar-refractivity contribution in [1.82, 2.24) is 10.2 Å². The predicted molar refractivity (Wildman–Crippen MR) is 75.8 cm³/mol. The number of nitrogens with one attached hydrogen (secondary N) is 1. The van der Waals surface area contributed by atoms with Gasteiger partial charge in [0.15, 0.2) is 0 Å². The molecule has 3 heteroatoms. The molecule has 0 bridgehead atoms. The van der Waals surface area contributed by atoms with E-state index in [4.69, 9.17) is 4.74 Å². The summed E-state index contributed by atoms with van der Waals surface area (Å²) in [6, 6.07) is 0.804. The van der Waals surface area contributed by atoms with Crippen molar-refractivity contribution in [2.75, 3.05) is 26.2 Å². The van der Waals surface area contributed by atoms with E-state index in [0.29, 0.717) is 12.2 Å². The van der Waals surface area contributed by atoms with Crippen LogP contribution in [0.5, 0.6) is 0 Å². The van der Waals surface area contributed by atoms with Gasteiger partial charge in [-0.1, -0.05) is 13.8 Å². The van der Waals surface area contributed by atoms with Crippen molar-refractivity contribution in [2.24, 2.45) is 11.8 Å². The fraction of sp³-hybridized carbons (Fsp3) is 1.00. The molecule has 0 aromatic heterocycles. The van der Waals surface area contributed by atoms with Crippen molar-refractivity contribution < 1.29 is 4.74 Å². The Labute approximate surface area is 112 Å². The first-order valence-electron chi connectivity index (χ1n) is 7.66. The van der Waals surface area contributed by atoms with Crippen LogP contribution in [0, 0.1) is 11.8 Å². The SMILES string of the molecule is CC(C)CNCC1CCC1N1CC(C)OC(C)C1. The standard InChI is InChI=1S/C15H30N2O/c1-11(2)7-16-8-14-5-6-15(14)17-9-12(3)18-13(4)10-17/h11-16H,5-10H2,1-4H3. The molecule has 0 amide bonds. The molecule has 4 atom stereocenters. The molecule has 18 heavy (non-hydrogen) atoms. The second-order valence-corrected chi connectivity index (χ2v) is 6.67. The molecule has 0 aromatic carbocycles. The number of ether oxygens (including phenoxy) is 1. The first-order valence-corrected chi connectivity index (χ1v) is 7.66. The van der Waals surface area contributed by atoms with Gasteiger partial charge in [-0.05, 0) is 51.6 Å². The van der Waals surface area contributed by atoms with Gasteiger partial charge in [0.1, 0.15) is 0 Å². The van der Waals surface area contributed by atoms with Crippen LogP contribution in [0.2, 0.25) is 0 Å². The highest BCUT2D eigenvalue weighted by Crippen LogP contribution is 2.33. The lowest BCUT2D eigenvalue weighted by Gasteiger charge is -2.48. The third-order valence-corrected chi connectivity index (χ3v) is 4.25. The smallest absolute Gasteiger partial charge is 0.0678 e. The van der Waals surface area contributed by atoms with E-state index in [9.17, 15) is 0 Å². The highest BCUT2D eigenvalue weighted by atomic mass is 16.5. The summed E-state index contributed by atoms with van der Waals surface area (Å²) in [6.07, 6.45) is 3.58. The number of hydrogen-bond acceptors (Lipinski definition) is 3. The fourth-order valence-corrected chi connectivity index (χ4v) is 3.32. The van der Waals surface area contributed by atoms with Crippen LogP contribution in [0.3, 0.4) is 0 Å². The molecule has 1 saturated carbocycles. The van der Waals surface area contributed by atoms with Crippen molar-refractivity contribution in [3.63, 3.8) is 0 Å². The van der Waals surface area contributed by atoms with Gasteiger partial charge in [0, 0.05) is 19.1 Å². The normalized spacial score (nSPS) is 37.8. The zero-order chi connectivity index (χ0) is 13.1. The third kappa shape index (κ3) is 3.69. The van der Waals surface area contributed by atoms with E-state index in [-0.39, 0.29) is 0 Å². The maximum Gasteiger partial charge on any atom is 0.0678 e. The van der Waals surface area contributed by atoms with E-state index in [1.807, 2.05) is 0 Å². The van der Waals surface area contributed by atoms with Crippen LogP contribution in [0.15, 0.2) is 0 Å². The molecule has 0 radical (unpaired) electrons. The molecular weight excluding hydrogens is 224 g/mol. The van der Waals surface area contributed by atoms with Gasteiger partial charge in [-0.15, -0.1) is 0 Å². The van der Waals surface area contributed by atoms with Gasteiger partial charge in [0.2, 0.25) is 0 Å². The van der Waals surface area contributed by atoms with Gasteiger partial charge in [0.25, 0.3) is 0 Å². The lowest BCUT2D eigenvalue weighted by atomic mass is 9.78. The summed E-state index contributed by atoms with van der Waals surface area (Å²) in [5, 5.41) is 3.62. The molecule has 1 N–H and O–H groups in total. The summed E-state index contributed by atoms with van der Waals surface area (Å²) < 4.78 is 5.83. The van der Waals surface area contributed by atoms with Crippen LogP contribution < -0.4 is 5.32 Å². The predicted octanol–water partition coefficient (Wildman–Crippen LogP) is 2.12. The molecule has 1 aliphatic carbocycles. The largest absolute Gasteiger partial charge is 0.373 e. The molecule has 0 spiro atoms. The maximum atomic E-state index is 5.83. The minimum absolute atomic E-state index is 0.402. The monoisotopic (exact) mass is 254 g/mol. The van der Waals surface area contributed by atoms with Gasteiger partial charge < -0.3 is 10.1 Å². The number of hydrogen-bond donors (Lipinski definition) is 1. The zero-order valence-corrected chi connectivity index (χ0v) is 12.5. The Bertz CT molecular complexity index is 247. The van der Waals surface area contributed by atoms with Crippen LogP contribution in [0.4, 0.5) is 0 Å². The number of morpholine rings is 1. The highest BCUT2D eigenvalue weighted by Gasteiger charge is 2.38. The van der Waals surface area contributed by atoms with E-state index in [1.165, 1.54) is 19.4 Å². The quantitative estimate of drug-likeness (QED) is 0.813. The summed E-state index contributed by atoms with van der Waals surface area (Å²) >= 11 is 0. The Hall–Kier alpha value is -0.120. The van der Waals surface area contributed by atoms with Crippen LogP contribution in [0.25, 0.3) is 0 Å². The van der Waals surface area contributed by atoms with E-state index in [2.05, 4.69) is 37.9 Å². The minimum atomic E-state index is 0.402. The van der Waals surface area contributed by atoms with E-state index in [1.54, 1.807) is 0 Å². The van der Waals surface area contributed by atoms with Crippen molar-refractivity contribution in [2.45, 2.75) is 58.8 Å². The molecule has 106 valence electrons. The van der Waals surface area contributed by atoms with Crippen molar-refractivity contribution in [3.8, 4) is 0 Å². The second-order valence-electron chi connectivity index (χ2n) is 6.67. The Kier molecular flexibility index (Phi) is 5.05. The van der Waals surface area contributed by atoms with E-state index >= 15 is 0 Å². The molecule has 0 aromatic rings. The Morgan fingerprint density at radius 3 is 2.33 bits per heavy atom. The average Bonchev–Trinajstić information content (AvgIpc) is 2.20. The molecule has 2 aliphatic rings. The van der Waals surface area contributed by atoms with Crippen molar-refractivity contribution in [3.05, 3.63) is 0 Å². The van der Waals surface area contributed by atoms with Crippen LogP contribution in [0.1, 0.15) is 40.5 Å². The summed E-state index contributed by atoms with van der Waals surface area (Å²) in [4.78, 5) is 2.67. The van der Waals surface area contributed by atoms with Gasteiger partial charge in [-0.2, -0.15) is 0 Å². The molecule has 3 nitrogen and oxygen atoms in total. The number of nitrogens with zero attached hydrogens (tertiary/aromatic N) is 1. The van der Waals surface area contributed by atoms with Crippen molar-refractivity contribution >= 4 is 0 Å². The van der Waals surface area contributed by atoms with Gasteiger partial charge in [-0.25, -0.2) is 0 Å². The Morgan fingerprint density at radius 1 is 1.17 bits per heavy atom. The molecule has 2 fully saturated rings. The summed E-state index contributed by atoms with van der Waals surface area (Å²) in [7, 11) is 0. The lowest BCUT2D eigenvalue weighted by Crippen LogP contribution is -2.57. The second kappa shape index (κ2) is 6.36. The maximum absolute atomic E-state index is 5.83. The molecule has 4 unspecified atom stereocenters. The summed E-state index contributed by atoms with van der Waals surface area (Å²) in [5.74, 6) is 1.62. The molecule has 1 saturated heterocycles. The first-order chi connectivity index (χ1) is 8.56.